The maximum absolute atomic E-state index is 14.2. The van der Waals surface area contributed by atoms with Gasteiger partial charge in [-0.1, -0.05) is 79.0 Å². The number of esters is 1. The fourth-order valence-corrected chi connectivity index (χ4v) is 5.26. The number of thioether (sulfide) groups is 1. The van der Waals surface area contributed by atoms with Gasteiger partial charge in [-0.25, -0.2) is 13.9 Å². The van der Waals surface area contributed by atoms with Crippen molar-refractivity contribution in [3.8, 4) is 5.75 Å². The SMILES string of the molecule is C=CCOC(=O)C1=C(C)Nc2nc(SCc3ccccc3F)nn2C1c1cccc(OCc2ccccc2C)c1. The first kappa shape index (κ1) is 27.2. The fourth-order valence-electron chi connectivity index (χ4n) is 4.44. The van der Waals surface area contributed by atoms with Gasteiger partial charge in [-0.15, -0.1) is 5.10 Å². The summed E-state index contributed by atoms with van der Waals surface area (Å²) in [5, 5.41) is 8.36. The first-order valence-corrected chi connectivity index (χ1v) is 13.8. The molecule has 0 amide bonds. The van der Waals surface area contributed by atoms with Gasteiger partial charge in [-0.3, -0.25) is 0 Å². The van der Waals surface area contributed by atoms with Gasteiger partial charge in [0, 0.05) is 11.4 Å². The number of halogens is 1. The van der Waals surface area contributed by atoms with E-state index in [0.29, 0.717) is 46.0 Å². The maximum Gasteiger partial charge on any atom is 0.338 e. The zero-order chi connectivity index (χ0) is 28.1. The van der Waals surface area contributed by atoms with Crippen molar-refractivity contribution in [2.24, 2.45) is 0 Å². The summed E-state index contributed by atoms with van der Waals surface area (Å²) in [7, 11) is 0. The quantitative estimate of drug-likeness (QED) is 0.134. The Morgan fingerprint density at radius 3 is 2.65 bits per heavy atom. The summed E-state index contributed by atoms with van der Waals surface area (Å²) in [6.07, 6.45) is 1.53. The van der Waals surface area contributed by atoms with Crippen molar-refractivity contribution in [2.75, 3.05) is 11.9 Å². The van der Waals surface area contributed by atoms with E-state index in [2.05, 4.69) is 16.9 Å². The second kappa shape index (κ2) is 12.2. The summed E-state index contributed by atoms with van der Waals surface area (Å²) < 4.78 is 27.4. The van der Waals surface area contributed by atoms with Crippen LogP contribution in [0.5, 0.6) is 5.75 Å². The summed E-state index contributed by atoms with van der Waals surface area (Å²) in [6, 6.07) is 21.7. The minimum Gasteiger partial charge on any atom is -0.489 e. The molecule has 9 heteroatoms. The number of aryl methyl sites for hydroxylation is 1. The van der Waals surface area contributed by atoms with Gasteiger partial charge < -0.3 is 14.8 Å². The molecule has 0 bridgehead atoms. The maximum atomic E-state index is 14.2. The molecule has 1 aromatic heterocycles. The smallest absolute Gasteiger partial charge is 0.338 e. The van der Waals surface area contributed by atoms with E-state index >= 15 is 0 Å². The summed E-state index contributed by atoms with van der Waals surface area (Å²) >= 11 is 1.32. The molecule has 1 N–H and O–H groups in total. The number of hydrogen-bond donors (Lipinski definition) is 1. The van der Waals surface area contributed by atoms with Crippen LogP contribution in [0.2, 0.25) is 0 Å². The van der Waals surface area contributed by atoms with Gasteiger partial charge in [0.2, 0.25) is 11.1 Å². The largest absolute Gasteiger partial charge is 0.489 e. The molecule has 0 spiro atoms. The Kier molecular flexibility index (Phi) is 8.31. The van der Waals surface area contributed by atoms with Gasteiger partial charge in [0.25, 0.3) is 0 Å². The van der Waals surface area contributed by atoms with Crippen molar-refractivity contribution in [3.63, 3.8) is 0 Å². The molecule has 3 aromatic carbocycles. The number of allylic oxidation sites excluding steroid dienone is 1. The Labute approximate surface area is 236 Å². The molecule has 1 atom stereocenters. The zero-order valence-electron chi connectivity index (χ0n) is 22.3. The van der Waals surface area contributed by atoms with Crippen LogP contribution in [-0.2, 0) is 21.9 Å². The summed E-state index contributed by atoms with van der Waals surface area (Å²) in [4.78, 5) is 17.9. The summed E-state index contributed by atoms with van der Waals surface area (Å²) in [6.45, 7) is 7.99. The van der Waals surface area contributed by atoms with Crippen LogP contribution < -0.4 is 10.1 Å². The Balaban J connectivity index is 1.47. The Bertz CT molecular complexity index is 1580. The number of benzene rings is 3. The average Bonchev–Trinajstić information content (AvgIpc) is 3.36. The van der Waals surface area contributed by atoms with Crippen LogP contribution in [0.1, 0.15) is 35.2 Å². The van der Waals surface area contributed by atoms with Crippen molar-refractivity contribution in [3.05, 3.63) is 125 Å². The first-order valence-electron chi connectivity index (χ1n) is 12.8. The highest BCUT2D eigenvalue weighted by molar-refractivity contribution is 7.98. The van der Waals surface area contributed by atoms with Crippen molar-refractivity contribution in [1.29, 1.82) is 0 Å². The van der Waals surface area contributed by atoms with E-state index in [4.69, 9.17) is 14.6 Å². The third-order valence-corrected chi connectivity index (χ3v) is 7.42. The second-order valence-electron chi connectivity index (χ2n) is 9.28. The minimum atomic E-state index is -0.620. The summed E-state index contributed by atoms with van der Waals surface area (Å²) in [5.74, 6) is 0.741. The number of ether oxygens (including phenoxy) is 2. The third-order valence-electron chi connectivity index (χ3n) is 6.53. The first-order chi connectivity index (χ1) is 19.4. The number of fused-ring (bicyclic) bond motifs is 1. The molecule has 1 unspecified atom stereocenters. The Hall–Kier alpha value is -4.37. The van der Waals surface area contributed by atoms with Crippen LogP contribution >= 0.6 is 11.8 Å². The van der Waals surface area contributed by atoms with E-state index in [9.17, 15) is 9.18 Å². The average molecular weight is 557 g/mol. The van der Waals surface area contributed by atoms with E-state index < -0.39 is 12.0 Å². The molecule has 1 aliphatic heterocycles. The Morgan fingerprint density at radius 2 is 1.88 bits per heavy atom. The molecule has 1 aliphatic rings. The molecule has 5 rings (SSSR count). The fraction of sp³-hybridized carbons (Fsp3) is 0.194. The van der Waals surface area contributed by atoms with Crippen LogP contribution in [-0.4, -0.2) is 27.3 Å². The monoisotopic (exact) mass is 556 g/mol. The van der Waals surface area contributed by atoms with E-state index in [1.165, 1.54) is 23.9 Å². The van der Waals surface area contributed by atoms with Crippen LogP contribution in [0.15, 0.2) is 102 Å². The highest BCUT2D eigenvalue weighted by Gasteiger charge is 2.35. The Morgan fingerprint density at radius 1 is 1.10 bits per heavy atom. The van der Waals surface area contributed by atoms with Gasteiger partial charge in [-0.2, -0.15) is 4.98 Å². The molecule has 40 heavy (non-hydrogen) atoms. The number of carbonyl (C=O) groups excluding carboxylic acids is 1. The van der Waals surface area contributed by atoms with Gasteiger partial charge in [0.05, 0.1) is 5.57 Å². The molecule has 204 valence electrons. The topological polar surface area (TPSA) is 78.3 Å². The molecular formula is C31H29FN4O3S. The zero-order valence-corrected chi connectivity index (χ0v) is 23.1. The predicted octanol–water partition coefficient (Wildman–Crippen LogP) is 6.62. The number of rotatable bonds is 10. The van der Waals surface area contributed by atoms with Gasteiger partial charge in [-0.05, 0) is 54.3 Å². The molecule has 0 radical (unpaired) electrons. The molecule has 0 aliphatic carbocycles. The summed E-state index contributed by atoms with van der Waals surface area (Å²) in [5.41, 5.74) is 4.60. The molecule has 0 fully saturated rings. The van der Waals surface area contributed by atoms with Gasteiger partial charge in [0.15, 0.2) is 0 Å². The molecule has 0 saturated carbocycles. The van der Waals surface area contributed by atoms with Crippen LogP contribution in [0.4, 0.5) is 10.3 Å². The van der Waals surface area contributed by atoms with Crippen molar-refractivity contribution in [1.82, 2.24) is 14.8 Å². The number of nitrogens with zero attached hydrogens (tertiary/aromatic N) is 3. The lowest BCUT2D eigenvalue weighted by Crippen LogP contribution is -2.29. The number of nitrogens with one attached hydrogen (secondary N) is 1. The minimum absolute atomic E-state index is 0.0792. The lowest BCUT2D eigenvalue weighted by molar-refractivity contribution is -0.138. The number of aromatic nitrogens is 3. The predicted molar refractivity (Wildman–Crippen MR) is 154 cm³/mol. The molecule has 4 aromatic rings. The van der Waals surface area contributed by atoms with Crippen molar-refractivity contribution >= 4 is 23.7 Å². The highest BCUT2D eigenvalue weighted by atomic mass is 32.2. The van der Waals surface area contributed by atoms with E-state index in [-0.39, 0.29) is 12.4 Å². The normalized spacial score (nSPS) is 14.3. The van der Waals surface area contributed by atoms with E-state index in [1.807, 2.05) is 55.5 Å². The van der Waals surface area contributed by atoms with Crippen molar-refractivity contribution in [2.45, 2.75) is 37.4 Å². The van der Waals surface area contributed by atoms with E-state index in [0.717, 1.165) is 16.7 Å². The molecular weight excluding hydrogens is 527 g/mol. The van der Waals surface area contributed by atoms with Crippen LogP contribution in [0.25, 0.3) is 0 Å². The van der Waals surface area contributed by atoms with E-state index in [1.54, 1.807) is 29.8 Å². The number of carbonyl (C=O) groups is 1. The lowest BCUT2D eigenvalue weighted by atomic mass is 9.95. The molecule has 0 saturated heterocycles. The van der Waals surface area contributed by atoms with Crippen LogP contribution in [0, 0.1) is 12.7 Å². The van der Waals surface area contributed by atoms with Crippen molar-refractivity contribution < 1.29 is 18.7 Å². The second-order valence-corrected chi connectivity index (χ2v) is 10.2. The molecule has 7 nitrogen and oxygen atoms in total. The van der Waals surface area contributed by atoms with Gasteiger partial charge >= 0.3 is 5.97 Å². The highest BCUT2D eigenvalue weighted by Crippen LogP contribution is 2.38. The lowest BCUT2D eigenvalue weighted by Gasteiger charge is -2.28. The molecule has 2 heterocycles. The third kappa shape index (κ3) is 5.94. The van der Waals surface area contributed by atoms with Gasteiger partial charge in [0.1, 0.15) is 30.8 Å². The number of hydrogen-bond acceptors (Lipinski definition) is 7. The van der Waals surface area contributed by atoms with Crippen LogP contribution in [0.3, 0.4) is 0 Å². The number of anilines is 1. The standard InChI is InChI=1S/C31H29FN4O3S/c1-4-16-38-29(37)27-21(3)33-30-34-31(40-19-24-12-7-8-15-26(24)32)35-36(30)28(27)22-13-9-14-25(17-22)39-18-23-11-6-5-10-20(23)2/h4-15,17,28H,1,16,18-19H2,2-3H3,(H,33,34,35).